The number of aromatic nitrogens is 2. The van der Waals surface area contributed by atoms with Crippen LogP contribution in [-0.2, 0) is 7.05 Å². The molecule has 2 rings (SSSR count). The van der Waals surface area contributed by atoms with Crippen LogP contribution in [0, 0.1) is 10.1 Å². The fourth-order valence-corrected chi connectivity index (χ4v) is 1.71. The number of anilines is 1. The summed E-state index contributed by atoms with van der Waals surface area (Å²) in [6.45, 7) is 1.99. The largest absolute Gasteiger partial charge is 0.376 e. The molecule has 1 aromatic heterocycles. The Morgan fingerprint density at radius 3 is 2.56 bits per heavy atom. The molecule has 1 aromatic carbocycles. The molecule has 0 saturated heterocycles. The molecule has 0 fully saturated rings. The first-order valence-electron chi connectivity index (χ1n) is 5.56. The average Bonchev–Trinajstić information content (AvgIpc) is 2.75. The Kier molecular flexibility index (Phi) is 3.27. The van der Waals surface area contributed by atoms with E-state index >= 15 is 0 Å². The molecule has 1 heterocycles. The molecular weight excluding hydrogens is 232 g/mol. The van der Waals surface area contributed by atoms with E-state index in [1.807, 2.05) is 20.2 Å². The number of nitrogens with zero attached hydrogens (tertiary/aromatic N) is 3. The van der Waals surface area contributed by atoms with Gasteiger partial charge in [-0.3, -0.25) is 14.8 Å². The zero-order valence-electron chi connectivity index (χ0n) is 10.2. The van der Waals surface area contributed by atoms with E-state index in [9.17, 15) is 10.1 Å². The summed E-state index contributed by atoms with van der Waals surface area (Å²) in [5, 5.41) is 17.9. The summed E-state index contributed by atoms with van der Waals surface area (Å²) < 4.78 is 1.71. The molecule has 0 bridgehead atoms. The summed E-state index contributed by atoms with van der Waals surface area (Å²) in [4.78, 5) is 10.2. The van der Waals surface area contributed by atoms with Crippen LogP contribution >= 0.6 is 0 Å². The number of hydrogen-bond donors (Lipinski definition) is 1. The molecule has 0 spiro atoms. The second kappa shape index (κ2) is 4.87. The minimum absolute atomic E-state index is 0.0648. The lowest BCUT2D eigenvalue weighted by Crippen LogP contribution is -2.05. The third kappa shape index (κ3) is 2.65. The maximum Gasteiger partial charge on any atom is 0.269 e. The molecule has 6 heteroatoms. The number of non-ortho nitro benzene ring substituents is 1. The van der Waals surface area contributed by atoms with E-state index in [0.29, 0.717) is 0 Å². The third-order valence-electron chi connectivity index (χ3n) is 2.69. The first-order valence-corrected chi connectivity index (χ1v) is 5.56. The van der Waals surface area contributed by atoms with E-state index in [-0.39, 0.29) is 11.7 Å². The Labute approximate surface area is 104 Å². The molecule has 1 N–H and O–H groups in total. The van der Waals surface area contributed by atoms with Crippen LogP contribution in [-0.4, -0.2) is 14.7 Å². The van der Waals surface area contributed by atoms with Crippen LogP contribution in [0.2, 0.25) is 0 Å². The fraction of sp³-hybridized carbons (Fsp3) is 0.250. The monoisotopic (exact) mass is 246 g/mol. The van der Waals surface area contributed by atoms with Crippen LogP contribution in [0.15, 0.2) is 36.7 Å². The van der Waals surface area contributed by atoms with Crippen molar-refractivity contribution in [3.63, 3.8) is 0 Å². The maximum atomic E-state index is 10.6. The summed E-state index contributed by atoms with van der Waals surface area (Å²) in [6.07, 6.45) is 3.61. The number of hydrogen-bond acceptors (Lipinski definition) is 4. The van der Waals surface area contributed by atoms with E-state index in [0.717, 1.165) is 11.3 Å². The molecule has 0 radical (unpaired) electrons. The highest BCUT2D eigenvalue weighted by molar-refractivity contribution is 5.42. The highest BCUT2D eigenvalue weighted by Gasteiger charge is 2.09. The van der Waals surface area contributed by atoms with E-state index < -0.39 is 4.92 Å². The quantitative estimate of drug-likeness (QED) is 0.664. The van der Waals surface area contributed by atoms with Crippen molar-refractivity contribution in [2.75, 3.05) is 5.32 Å². The van der Waals surface area contributed by atoms with Crippen molar-refractivity contribution in [2.45, 2.75) is 13.0 Å². The van der Waals surface area contributed by atoms with Crippen LogP contribution in [0.4, 0.5) is 11.4 Å². The Morgan fingerprint density at radius 2 is 2.06 bits per heavy atom. The molecule has 0 aliphatic heterocycles. The Hall–Kier alpha value is -2.37. The van der Waals surface area contributed by atoms with Crippen LogP contribution in [0.5, 0.6) is 0 Å². The molecule has 1 atom stereocenters. The topological polar surface area (TPSA) is 73.0 Å². The summed E-state index contributed by atoms with van der Waals surface area (Å²) in [6, 6.07) is 6.60. The van der Waals surface area contributed by atoms with E-state index in [1.54, 1.807) is 23.0 Å². The lowest BCUT2D eigenvalue weighted by Gasteiger charge is -2.13. The third-order valence-corrected chi connectivity index (χ3v) is 2.69. The summed E-state index contributed by atoms with van der Waals surface area (Å²) in [5.74, 6) is 0. The lowest BCUT2D eigenvalue weighted by atomic mass is 10.1. The Bertz CT molecular complexity index is 547. The Morgan fingerprint density at radius 1 is 1.39 bits per heavy atom. The van der Waals surface area contributed by atoms with Gasteiger partial charge in [0.05, 0.1) is 16.8 Å². The number of aryl methyl sites for hydroxylation is 1. The van der Waals surface area contributed by atoms with Gasteiger partial charge in [-0.2, -0.15) is 5.10 Å². The molecule has 1 unspecified atom stereocenters. The molecule has 2 aromatic rings. The molecule has 18 heavy (non-hydrogen) atoms. The van der Waals surface area contributed by atoms with Crippen molar-refractivity contribution in [1.29, 1.82) is 0 Å². The number of benzene rings is 1. The standard InChI is InChI=1S/C12H14N4O2/c1-9(14-11-7-13-15(2)8-11)10-3-5-12(6-4-10)16(17)18/h3-9,14H,1-2H3. The number of nitro groups is 1. The van der Waals surface area contributed by atoms with Gasteiger partial charge in [-0.15, -0.1) is 0 Å². The zero-order valence-corrected chi connectivity index (χ0v) is 10.2. The zero-order chi connectivity index (χ0) is 13.1. The van der Waals surface area contributed by atoms with E-state index in [2.05, 4.69) is 10.4 Å². The van der Waals surface area contributed by atoms with Gasteiger partial charge in [0.25, 0.3) is 5.69 Å². The summed E-state index contributed by atoms with van der Waals surface area (Å²) in [7, 11) is 1.85. The van der Waals surface area contributed by atoms with Crippen molar-refractivity contribution in [1.82, 2.24) is 9.78 Å². The molecule has 0 aliphatic carbocycles. The summed E-state index contributed by atoms with van der Waals surface area (Å²) in [5.41, 5.74) is 2.01. The van der Waals surface area contributed by atoms with Gasteiger partial charge in [0, 0.05) is 31.4 Å². The molecule has 0 amide bonds. The van der Waals surface area contributed by atoms with Gasteiger partial charge in [0.15, 0.2) is 0 Å². The molecule has 6 nitrogen and oxygen atoms in total. The molecule has 0 saturated carbocycles. The van der Waals surface area contributed by atoms with Gasteiger partial charge in [-0.25, -0.2) is 0 Å². The highest BCUT2D eigenvalue weighted by atomic mass is 16.6. The van der Waals surface area contributed by atoms with E-state index in [1.165, 1.54) is 12.1 Å². The second-order valence-corrected chi connectivity index (χ2v) is 4.12. The van der Waals surface area contributed by atoms with Crippen molar-refractivity contribution in [3.8, 4) is 0 Å². The number of nitro benzene ring substituents is 1. The summed E-state index contributed by atoms with van der Waals surface area (Å²) >= 11 is 0. The van der Waals surface area contributed by atoms with Gasteiger partial charge in [-0.05, 0) is 12.5 Å². The molecule has 94 valence electrons. The number of rotatable bonds is 4. The van der Waals surface area contributed by atoms with Gasteiger partial charge in [0.2, 0.25) is 0 Å². The van der Waals surface area contributed by atoms with Crippen molar-refractivity contribution in [2.24, 2.45) is 7.05 Å². The first kappa shape index (κ1) is 12.1. The van der Waals surface area contributed by atoms with Crippen LogP contribution < -0.4 is 5.32 Å². The molecule has 0 aliphatic rings. The highest BCUT2D eigenvalue weighted by Crippen LogP contribution is 2.21. The first-order chi connectivity index (χ1) is 8.56. The van der Waals surface area contributed by atoms with Crippen molar-refractivity contribution >= 4 is 11.4 Å². The number of nitrogens with one attached hydrogen (secondary N) is 1. The average molecular weight is 246 g/mol. The van der Waals surface area contributed by atoms with Crippen LogP contribution in [0.25, 0.3) is 0 Å². The SMILES string of the molecule is CC(Nc1cnn(C)c1)c1ccc([N+](=O)[O-])cc1. The lowest BCUT2D eigenvalue weighted by molar-refractivity contribution is -0.384. The van der Waals surface area contributed by atoms with Crippen LogP contribution in [0.3, 0.4) is 0 Å². The predicted octanol–water partition coefficient (Wildman–Crippen LogP) is 2.50. The predicted molar refractivity (Wildman–Crippen MR) is 68.3 cm³/mol. The Balaban J connectivity index is 2.09. The van der Waals surface area contributed by atoms with Gasteiger partial charge < -0.3 is 5.32 Å². The molecular formula is C12H14N4O2. The van der Waals surface area contributed by atoms with Crippen LogP contribution in [0.1, 0.15) is 18.5 Å². The normalized spacial score (nSPS) is 12.1. The minimum atomic E-state index is -0.400. The van der Waals surface area contributed by atoms with Crippen molar-refractivity contribution < 1.29 is 4.92 Å². The van der Waals surface area contributed by atoms with Crippen molar-refractivity contribution in [3.05, 3.63) is 52.3 Å². The maximum absolute atomic E-state index is 10.6. The van der Waals surface area contributed by atoms with Gasteiger partial charge in [-0.1, -0.05) is 12.1 Å². The smallest absolute Gasteiger partial charge is 0.269 e. The van der Waals surface area contributed by atoms with Gasteiger partial charge in [0.1, 0.15) is 0 Å². The van der Waals surface area contributed by atoms with E-state index in [4.69, 9.17) is 0 Å². The fourth-order valence-electron chi connectivity index (χ4n) is 1.71. The minimum Gasteiger partial charge on any atom is -0.376 e. The second-order valence-electron chi connectivity index (χ2n) is 4.12. The van der Waals surface area contributed by atoms with Gasteiger partial charge >= 0.3 is 0 Å².